The van der Waals surface area contributed by atoms with E-state index in [2.05, 4.69) is 15.8 Å². The smallest absolute Gasteiger partial charge is 0.0999 e. The van der Waals surface area contributed by atoms with Crippen LogP contribution in [-0.4, -0.2) is 4.98 Å². The van der Waals surface area contributed by atoms with E-state index in [1.807, 2.05) is 36.4 Å². The average Bonchev–Trinajstić information content (AvgIpc) is 2.53. The molecule has 0 saturated heterocycles. The Morgan fingerprint density at radius 1 is 1.19 bits per heavy atom. The number of hydrogen-bond donors (Lipinski definition) is 1. The van der Waals surface area contributed by atoms with Crippen LogP contribution in [0.15, 0.2) is 47.5 Å². The zero-order chi connectivity index (χ0) is 14.4. The SMILES string of the molecule is N#Cc1cc2c(c3ncccc13)NSc1ccc(Cl)cc1-2. The van der Waals surface area contributed by atoms with Gasteiger partial charge in [0.1, 0.15) is 0 Å². The second kappa shape index (κ2) is 4.66. The fraction of sp³-hybridized carbons (Fsp3) is 0. The van der Waals surface area contributed by atoms with E-state index in [9.17, 15) is 5.26 Å². The normalized spacial score (nSPS) is 12.2. The van der Waals surface area contributed by atoms with Gasteiger partial charge in [0.25, 0.3) is 0 Å². The second-order valence-electron chi connectivity index (χ2n) is 4.70. The van der Waals surface area contributed by atoms with Gasteiger partial charge in [-0.15, -0.1) is 0 Å². The Bertz CT molecular complexity index is 931. The summed E-state index contributed by atoms with van der Waals surface area (Å²) < 4.78 is 3.33. The molecule has 3 nitrogen and oxygen atoms in total. The largest absolute Gasteiger partial charge is 0.323 e. The predicted octanol–water partition coefficient (Wildman–Crippen LogP) is 4.86. The van der Waals surface area contributed by atoms with E-state index in [0.717, 1.165) is 32.6 Å². The number of hydrogen-bond acceptors (Lipinski definition) is 4. The van der Waals surface area contributed by atoms with Crippen molar-refractivity contribution in [2.45, 2.75) is 4.90 Å². The maximum atomic E-state index is 9.41. The summed E-state index contributed by atoms with van der Waals surface area (Å²) in [5, 5.41) is 11.0. The van der Waals surface area contributed by atoms with Crippen molar-refractivity contribution in [2.24, 2.45) is 0 Å². The number of anilines is 1. The minimum absolute atomic E-state index is 0.622. The van der Waals surface area contributed by atoms with Crippen molar-refractivity contribution in [3.8, 4) is 17.2 Å². The molecule has 1 aliphatic heterocycles. The van der Waals surface area contributed by atoms with Crippen LogP contribution in [0.4, 0.5) is 5.69 Å². The van der Waals surface area contributed by atoms with Gasteiger partial charge < -0.3 is 4.72 Å². The molecule has 4 rings (SSSR count). The van der Waals surface area contributed by atoms with E-state index in [1.54, 1.807) is 6.20 Å². The first-order chi connectivity index (χ1) is 10.3. The third kappa shape index (κ3) is 1.86. The minimum Gasteiger partial charge on any atom is -0.323 e. The fourth-order valence-corrected chi connectivity index (χ4v) is 3.57. The number of nitrogens with one attached hydrogen (secondary N) is 1. The molecule has 0 spiro atoms. The summed E-state index contributed by atoms with van der Waals surface area (Å²) in [6.07, 6.45) is 1.74. The molecule has 1 aliphatic rings. The Labute approximate surface area is 130 Å². The number of halogens is 1. The van der Waals surface area contributed by atoms with Crippen LogP contribution in [-0.2, 0) is 0 Å². The molecule has 0 fully saturated rings. The highest BCUT2D eigenvalue weighted by Crippen LogP contribution is 2.46. The third-order valence-corrected chi connectivity index (χ3v) is 4.63. The van der Waals surface area contributed by atoms with Crippen LogP contribution in [0.5, 0.6) is 0 Å². The predicted molar refractivity (Wildman–Crippen MR) is 86.4 cm³/mol. The zero-order valence-electron chi connectivity index (χ0n) is 10.7. The number of rotatable bonds is 0. The van der Waals surface area contributed by atoms with Gasteiger partial charge in [0.2, 0.25) is 0 Å². The lowest BCUT2D eigenvalue weighted by Crippen LogP contribution is -2.01. The van der Waals surface area contributed by atoms with Crippen molar-refractivity contribution >= 4 is 40.1 Å². The monoisotopic (exact) mass is 309 g/mol. The van der Waals surface area contributed by atoms with E-state index in [0.29, 0.717) is 10.6 Å². The quantitative estimate of drug-likeness (QED) is 0.602. The van der Waals surface area contributed by atoms with Crippen LogP contribution in [0.1, 0.15) is 5.56 Å². The van der Waals surface area contributed by atoms with Gasteiger partial charge in [0.15, 0.2) is 0 Å². The highest BCUT2D eigenvalue weighted by molar-refractivity contribution is 8.00. The number of aromatic nitrogens is 1. The first-order valence-electron chi connectivity index (χ1n) is 6.32. The summed E-state index contributed by atoms with van der Waals surface area (Å²) in [7, 11) is 0. The number of nitrogens with zero attached hydrogens (tertiary/aromatic N) is 2. The molecule has 0 amide bonds. The topological polar surface area (TPSA) is 48.7 Å². The Morgan fingerprint density at radius 2 is 2.10 bits per heavy atom. The molecule has 5 heteroatoms. The van der Waals surface area contributed by atoms with Gasteiger partial charge in [0.05, 0.1) is 22.8 Å². The maximum absolute atomic E-state index is 9.41. The van der Waals surface area contributed by atoms with Crippen LogP contribution in [0, 0.1) is 11.3 Å². The summed E-state index contributed by atoms with van der Waals surface area (Å²) in [6, 6.07) is 13.7. The fourth-order valence-electron chi connectivity index (χ4n) is 2.56. The highest BCUT2D eigenvalue weighted by atomic mass is 35.5. The summed E-state index contributed by atoms with van der Waals surface area (Å²) >= 11 is 7.66. The first kappa shape index (κ1) is 12.5. The number of nitriles is 1. The second-order valence-corrected chi connectivity index (χ2v) is 5.99. The lowest BCUT2D eigenvalue weighted by molar-refractivity contribution is 1.38. The highest BCUT2D eigenvalue weighted by Gasteiger charge is 2.21. The lowest BCUT2D eigenvalue weighted by atomic mass is 9.97. The Morgan fingerprint density at radius 3 is 2.95 bits per heavy atom. The lowest BCUT2D eigenvalue weighted by Gasteiger charge is -2.22. The van der Waals surface area contributed by atoms with Crippen LogP contribution < -0.4 is 4.72 Å². The Hall–Kier alpha value is -2.22. The van der Waals surface area contributed by atoms with Crippen molar-refractivity contribution in [3.63, 3.8) is 0 Å². The van der Waals surface area contributed by atoms with Gasteiger partial charge in [-0.1, -0.05) is 11.6 Å². The maximum Gasteiger partial charge on any atom is 0.0999 e. The molecule has 0 bridgehead atoms. The molecule has 1 aromatic heterocycles. The first-order valence-corrected chi connectivity index (χ1v) is 7.52. The molecule has 0 saturated carbocycles. The number of pyridine rings is 1. The van der Waals surface area contributed by atoms with Crippen molar-refractivity contribution < 1.29 is 0 Å². The van der Waals surface area contributed by atoms with E-state index in [1.165, 1.54) is 11.9 Å². The summed E-state index contributed by atoms with van der Waals surface area (Å²) in [5.41, 5.74) is 4.37. The standard InChI is InChI=1S/C16H8ClN3S/c17-10-3-4-14-12(7-10)13-6-9(8-18)11-2-1-5-19-15(11)16(13)20-21-14/h1-7,20H. The van der Waals surface area contributed by atoms with Crippen LogP contribution >= 0.6 is 23.5 Å². The molecule has 2 aromatic carbocycles. The van der Waals surface area contributed by atoms with Crippen LogP contribution in [0.3, 0.4) is 0 Å². The van der Waals surface area contributed by atoms with Gasteiger partial charge in [0, 0.05) is 32.6 Å². The molecular formula is C16H8ClN3S. The molecule has 0 atom stereocenters. The van der Waals surface area contributed by atoms with Crippen LogP contribution in [0.25, 0.3) is 22.0 Å². The Kier molecular flexibility index (Phi) is 2.78. The summed E-state index contributed by atoms with van der Waals surface area (Å²) in [6.45, 7) is 0. The molecule has 3 aromatic rings. The van der Waals surface area contributed by atoms with Gasteiger partial charge in [-0.3, -0.25) is 4.98 Å². The van der Waals surface area contributed by atoms with E-state index >= 15 is 0 Å². The molecule has 0 aliphatic carbocycles. The van der Waals surface area contributed by atoms with Gasteiger partial charge in [-0.25, -0.2) is 0 Å². The molecule has 0 unspecified atom stereocenters. The molecule has 1 N–H and O–H groups in total. The van der Waals surface area contributed by atoms with Gasteiger partial charge >= 0.3 is 0 Å². The van der Waals surface area contributed by atoms with Crippen molar-refractivity contribution in [3.05, 3.63) is 53.2 Å². The number of benzene rings is 2. The number of fused-ring (bicyclic) bond motifs is 5. The molecule has 2 heterocycles. The van der Waals surface area contributed by atoms with Crippen molar-refractivity contribution in [2.75, 3.05) is 4.72 Å². The van der Waals surface area contributed by atoms with E-state index < -0.39 is 0 Å². The van der Waals surface area contributed by atoms with Gasteiger partial charge in [-0.05, 0) is 48.3 Å². The molecular weight excluding hydrogens is 302 g/mol. The zero-order valence-corrected chi connectivity index (χ0v) is 12.3. The average molecular weight is 310 g/mol. The van der Waals surface area contributed by atoms with E-state index in [4.69, 9.17) is 11.6 Å². The Balaban J connectivity index is 2.13. The van der Waals surface area contributed by atoms with E-state index in [-0.39, 0.29) is 0 Å². The molecule has 100 valence electrons. The summed E-state index contributed by atoms with van der Waals surface area (Å²) in [5.74, 6) is 0. The molecule has 0 radical (unpaired) electrons. The van der Waals surface area contributed by atoms with Gasteiger partial charge in [-0.2, -0.15) is 5.26 Å². The third-order valence-electron chi connectivity index (χ3n) is 3.51. The van der Waals surface area contributed by atoms with Crippen molar-refractivity contribution in [1.29, 1.82) is 5.26 Å². The van der Waals surface area contributed by atoms with Crippen molar-refractivity contribution in [1.82, 2.24) is 4.98 Å². The summed E-state index contributed by atoms with van der Waals surface area (Å²) in [4.78, 5) is 5.53. The van der Waals surface area contributed by atoms with Crippen LogP contribution in [0.2, 0.25) is 5.02 Å². The molecule has 21 heavy (non-hydrogen) atoms. The minimum atomic E-state index is 0.622.